The predicted molar refractivity (Wildman–Crippen MR) is 86.9 cm³/mol. The molecule has 2 rings (SSSR count). The third-order valence-electron chi connectivity index (χ3n) is 2.93. The molecule has 0 radical (unpaired) electrons. The minimum atomic E-state index is -0.461. The van der Waals surface area contributed by atoms with E-state index < -0.39 is 5.82 Å². The van der Waals surface area contributed by atoms with Crippen LogP contribution in [-0.4, -0.2) is 19.5 Å². The van der Waals surface area contributed by atoms with Crippen molar-refractivity contribution in [3.63, 3.8) is 0 Å². The number of benzene rings is 2. The Morgan fingerprint density at radius 3 is 2.71 bits per heavy atom. The Bertz CT molecular complexity index is 663. The lowest BCUT2D eigenvalue weighted by atomic mass is 10.2. The van der Waals surface area contributed by atoms with Crippen LogP contribution in [0.2, 0.25) is 0 Å². The first-order chi connectivity index (χ1) is 9.97. The molecule has 3 N–H and O–H groups in total. The van der Waals surface area contributed by atoms with Crippen molar-refractivity contribution in [3.05, 3.63) is 52.8 Å². The van der Waals surface area contributed by atoms with Gasteiger partial charge in [-0.05, 0) is 30.3 Å². The molecule has 2 aromatic carbocycles. The topological polar surface area (TPSA) is 58.4 Å². The largest absolute Gasteiger partial charge is 0.397 e. The van der Waals surface area contributed by atoms with Gasteiger partial charge in [-0.1, -0.05) is 28.1 Å². The zero-order chi connectivity index (χ0) is 15.4. The van der Waals surface area contributed by atoms with E-state index in [2.05, 4.69) is 21.2 Å². The molecule has 0 saturated heterocycles. The molecule has 0 aromatic heterocycles. The van der Waals surface area contributed by atoms with Gasteiger partial charge < -0.3 is 16.0 Å². The summed E-state index contributed by atoms with van der Waals surface area (Å²) in [6.45, 7) is 0.0696. The van der Waals surface area contributed by atoms with Crippen LogP contribution in [0.15, 0.2) is 46.9 Å². The van der Waals surface area contributed by atoms with E-state index in [1.165, 1.54) is 12.1 Å². The molecule has 0 unspecified atom stereocenters. The van der Waals surface area contributed by atoms with Crippen LogP contribution in [-0.2, 0) is 4.79 Å². The number of nitrogens with zero attached hydrogens (tertiary/aromatic N) is 1. The Morgan fingerprint density at radius 1 is 1.33 bits per heavy atom. The molecule has 0 bridgehead atoms. The van der Waals surface area contributed by atoms with E-state index in [-0.39, 0.29) is 18.1 Å². The molecule has 4 nitrogen and oxygen atoms in total. The van der Waals surface area contributed by atoms with Gasteiger partial charge in [-0.25, -0.2) is 4.39 Å². The Kier molecular flexibility index (Phi) is 4.80. The van der Waals surface area contributed by atoms with Gasteiger partial charge in [0.25, 0.3) is 0 Å². The number of hydrogen-bond donors (Lipinski definition) is 2. The number of halogens is 2. The van der Waals surface area contributed by atoms with E-state index in [4.69, 9.17) is 5.73 Å². The Hall–Kier alpha value is -2.08. The molecular formula is C15H15BrFN3O. The molecule has 0 atom stereocenters. The number of likely N-dealkylation sites (N-methyl/N-ethyl adjacent to an activating group) is 1. The number of anilines is 3. The predicted octanol–water partition coefficient (Wildman–Crippen LogP) is 3.25. The first-order valence-electron chi connectivity index (χ1n) is 6.28. The van der Waals surface area contributed by atoms with Crippen LogP contribution in [0.4, 0.5) is 21.5 Å². The van der Waals surface area contributed by atoms with Gasteiger partial charge >= 0.3 is 0 Å². The first kappa shape index (κ1) is 15.3. The van der Waals surface area contributed by atoms with Crippen LogP contribution in [0, 0.1) is 5.82 Å². The van der Waals surface area contributed by atoms with Gasteiger partial charge in [-0.15, -0.1) is 0 Å². The minimum absolute atomic E-state index is 0.0696. The normalized spacial score (nSPS) is 10.2. The number of carbonyl (C=O) groups excluding carboxylic acids is 1. The summed E-state index contributed by atoms with van der Waals surface area (Å²) in [5.41, 5.74) is 7.38. The summed E-state index contributed by atoms with van der Waals surface area (Å²) in [5, 5.41) is 2.54. The van der Waals surface area contributed by atoms with Gasteiger partial charge in [0.15, 0.2) is 0 Å². The van der Waals surface area contributed by atoms with Crippen molar-refractivity contribution >= 4 is 38.9 Å². The second kappa shape index (κ2) is 6.58. The number of nitrogens with two attached hydrogens (primary N) is 1. The quantitative estimate of drug-likeness (QED) is 0.831. The lowest BCUT2D eigenvalue weighted by molar-refractivity contribution is -0.114. The second-order valence-electron chi connectivity index (χ2n) is 4.59. The highest BCUT2D eigenvalue weighted by molar-refractivity contribution is 9.10. The molecule has 0 fully saturated rings. The summed E-state index contributed by atoms with van der Waals surface area (Å²) in [6.07, 6.45) is 0. The standard InChI is InChI=1S/C15H15BrFN3O/c1-20(14-7-6-10(16)8-12(14)18)9-15(21)19-13-5-3-2-4-11(13)17/h2-8H,9,18H2,1H3,(H,19,21). The monoisotopic (exact) mass is 351 g/mol. The van der Waals surface area contributed by atoms with Crippen molar-refractivity contribution in [2.75, 3.05) is 29.5 Å². The van der Waals surface area contributed by atoms with Crippen molar-refractivity contribution in [3.8, 4) is 0 Å². The van der Waals surface area contributed by atoms with Crippen molar-refractivity contribution < 1.29 is 9.18 Å². The van der Waals surface area contributed by atoms with E-state index in [0.717, 1.165) is 10.2 Å². The number of carbonyl (C=O) groups is 1. The van der Waals surface area contributed by atoms with Crippen LogP contribution >= 0.6 is 15.9 Å². The maximum absolute atomic E-state index is 13.5. The molecule has 0 spiro atoms. The van der Waals surface area contributed by atoms with Gasteiger partial charge in [0.1, 0.15) is 5.82 Å². The summed E-state index contributed by atoms with van der Waals surface area (Å²) in [6, 6.07) is 11.5. The van der Waals surface area contributed by atoms with E-state index in [1.807, 2.05) is 12.1 Å². The summed E-state index contributed by atoms with van der Waals surface area (Å²) in [4.78, 5) is 13.7. The minimum Gasteiger partial charge on any atom is -0.397 e. The Labute approximate surface area is 130 Å². The molecular weight excluding hydrogens is 337 g/mol. The molecule has 2 aromatic rings. The zero-order valence-electron chi connectivity index (χ0n) is 11.4. The summed E-state index contributed by atoms with van der Waals surface area (Å²) >= 11 is 3.33. The number of nitrogens with one attached hydrogen (secondary N) is 1. The molecule has 0 heterocycles. The third kappa shape index (κ3) is 3.95. The Morgan fingerprint density at radius 2 is 2.05 bits per heavy atom. The zero-order valence-corrected chi connectivity index (χ0v) is 13.0. The van der Waals surface area contributed by atoms with Crippen LogP contribution < -0.4 is 16.0 Å². The fraction of sp³-hybridized carbons (Fsp3) is 0.133. The van der Waals surface area contributed by atoms with Crippen LogP contribution in [0.3, 0.4) is 0 Å². The first-order valence-corrected chi connectivity index (χ1v) is 7.07. The van der Waals surface area contributed by atoms with E-state index in [1.54, 1.807) is 30.1 Å². The fourth-order valence-corrected chi connectivity index (χ4v) is 2.30. The van der Waals surface area contributed by atoms with E-state index in [0.29, 0.717) is 5.69 Å². The molecule has 21 heavy (non-hydrogen) atoms. The highest BCUT2D eigenvalue weighted by Crippen LogP contribution is 2.25. The van der Waals surface area contributed by atoms with Crippen LogP contribution in [0.25, 0.3) is 0 Å². The van der Waals surface area contributed by atoms with Gasteiger partial charge in [0.2, 0.25) is 5.91 Å². The van der Waals surface area contributed by atoms with Gasteiger partial charge in [-0.3, -0.25) is 4.79 Å². The third-order valence-corrected chi connectivity index (χ3v) is 3.42. The van der Waals surface area contributed by atoms with Gasteiger partial charge in [-0.2, -0.15) is 0 Å². The van der Waals surface area contributed by atoms with Gasteiger partial charge in [0, 0.05) is 11.5 Å². The number of hydrogen-bond acceptors (Lipinski definition) is 3. The number of para-hydroxylation sites is 1. The lowest BCUT2D eigenvalue weighted by Gasteiger charge is -2.20. The maximum Gasteiger partial charge on any atom is 0.243 e. The average molecular weight is 352 g/mol. The number of rotatable bonds is 4. The molecule has 6 heteroatoms. The SMILES string of the molecule is CN(CC(=O)Nc1ccccc1F)c1ccc(Br)cc1N. The smallest absolute Gasteiger partial charge is 0.243 e. The van der Waals surface area contributed by atoms with Gasteiger partial charge in [0.05, 0.1) is 23.6 Å². The molecule has 110 valence electrons. The molecule has 0 aliphatic carbocycles. The molecule has 0 aliphatic heterocycles. The molecule has 0 saturated carbocycles. The highest BCUT2D eigenvalue weighted by Gasteiger charge is 2.12. The number of amides is 1. The average Bonchev–Trinajstić information content (AvgIpc) is 2.41. The number of nitrogen functional groups attached to an aromatic ring is 1. The van der Waals surface area contributed by atoms with Crippen molar-refractivity contribution in [2.45, 2.75) is 0 Å². The summed E-state index contributed by atoms with van der Waals surface area (Å²) in [5.74, 6) is -0.776. The fourth-order valence-electron chi connectivity index (χ4n) is 1.93. The van der Waals surface area contributed by atoms with E-state index >= 15 is 0 Å². The molecule has 0 aliphatic rings. The maximum atomic E-state index is 13.5. The van der Waals surface area contributed by atoms with Crippen molar-refractivity contribution in [2.24, 2.45) is 0 Å². The van der Waals surface area contributed by atoms with Crippen LogP contribution in [0.5, 0.6) is 0 Å². The summed E-state index contributed by atoms with van der Waals surface area (Å²) < 4.78 is 14.3. The Balaban J connectivity index is 2.04. The van der Waals surface area contributed by atoms with E-state index in [9.17, 15) is 9.18 Å². The van der Waals surface area contributed by atoms with Crippen molar-refractivity contribution in [1.82, 2.24) is 0 Å². The van der Waals surface area contributed by atoms with Crippen LogP contribution in [0.1, 0.15) is 0 Å². The van der Waals surface area contributed by atoms with Crippen molar-refractivity contribution in [1.29, 1.82) is 0 Å². The lowest BCUT2D eigenvalue weighted by Crippen LogP contribution is -2.30. The summed E-state index contributed by atoms with van der Waals surface area (Å²) in [7, 11) is 1.75. The highest BCUT2D eigenvalue weighted by atomic mass is 79.9. The molecule has 1 amide bonds. The second-order valence-corrected chi connectivity index (χ2v) is 5.50.